The maximum atomic E-state index is 10.2. The van der Waals surface area contributed by atoms with E-state index in [9.17, 15) is 5.11 Å². The molecule has 1 heterocycles. The molecule has 1 aromatic rings. The third kappa shape index (κ3) is 3.97. The summed E-state index contributed by atoms with van der Waals surface area (Å²) in [6.45, 7) is 12.3. The largest absolute Gasteiger partial charge is 0.385 e. The molecular formula is C13H23NOS2. The summed E-state index contributed by atoms with van der Waals surface area (Å²) in [4.78, 5) is 5.73. The van der Waals surface area contributed by atoms with Crippen molar-refractivity contribution in [3.05, 3.63) is 15.6 Å². The molecule has 4 heteroatoms. The average molecular weight is 273 g/mol. The number of thioether (sulfide) groups is 1. The van der Waals surface area contributed by atoms with Gasteiger partial charge in [0, 0.05) is 11.2 Å². The summed E-state index contributed by atoms with van der Waals surface area (Å²) >= 11 is 3.52. The van der Waals surface area contributed by atoms with E-state index in [-0.39, 0.29) is 5.41 Å². The second-order valence-electron chi connectivity index (χ2n) is 5.73. The lowest BCUT2D eigenvalue weighted by atomic mass is 9.88. The first-order chi connectivity index (χ1) is 7.66. The summed E-state index contributed by atoms with van der Waals surface area (Å²) in [6, 6.07) is 0. The van der Waals surface area contributed by atoms with Gasteiger partial charge in [-0.25, -0.2) is 4.98 Å². The van der Waals surface area contributed by atoms with Gasteiger partial charge in [-0.3, -0.25) is 0 Å². The van der Waals surface area contributed by atoms with Crippen LogP contribution < -0.4 is 0 Å². The van der Waals surface area contributed by atoms with Crippen LogP contribution in [0.3, 0.4) is 0 Å². The summed E-state index contributed by atoms with van der Waals surface area (Å²) in [5, 5.41) is 11.4. The Morgan fingerprint density at radius 2 is 1.82 bits per heavy atom. The number of rotatable bonds is 4. The highest BCUT2D eigenvalue weighted by Gasteiger charge is 2.30. The van der Waals surface area contributed by atoms with Crippen LogP contribution in [0.25, 0.3) is 0 Å². The van der Waals surface area contributed by atoms with Gasteiger partial charge in [0.05, 0.1) is 16.2 Å². The van der Waals surface area contributed by atoms with Crippen molar-refractivity contribution in [3.63, 3.8) is 0 Å². The molecule has 0 aliphatic heterocycles. The van der Waals surface area contributed by atoms with Crippen LogP contribution >= 0.6 is 23.1 Å². The van der Waals surface area contributed by atoms with E-state index >= 15 is 0 Å². The van der Waals surface area contributed by atoms with Gasteiger partial charge in [0.1, 0.15) is 5.01 Å². The molecule has 0 aromatic carbocycles. The van der Waals surface area contributed by atoms with E-state index in [0.717, 1.165) is 27.1 Å². The number of nitrogens with zero attached hydrogens (tertiary/aromatic N) is 1. The standard InChI is InChI=1S/C13H23NOS2/c1-7-16-8-9-14-10(12(2,3)4)11(17-9)13(5,6)15/h15H,7-8H2,1-6H3. The molecule has 0 atom stereocenters. The van der Waals surface area contributed by atoms with Crippen LogP contribution in [-0.2, 0) is 16.8 Å². The zero-order chi connectivity index (χ0) is 13.3. The van der Waals surface area contributed by atoms with Crippen molar-refractivity contribution in [2.24, 2.45) is 0 Å². The van der Waals surface area contributed by atoms with Gasteiger partial charge in [-0.1, -0.05) is 27.7 Å². The Morgan fingerprint density at radius 3 is 2.18 bits per heavy atom. The summed E-state index contributed by atoms with van der Waals surface area (Å²) in [6.07, 6.45) is 0. The van der Waals surface area contributed by atoms with Crippen molar-refractivity contribution >= 4 is 23.1 Å². The van der Waals surface area contributed by atoms with Crippen LogP contribution in [0.4, 0.5) is 0 Å². The lowest BCUT2D eigenvalue weighted by Gasteiger charge is -2.23. The van der Waals surface area contributed by atoms with E-state index < -0.39 is 5.60 Å². The summed E-state index contributed by atoms with van der Waals surface area (Å²) in [5.41, 5.74) is 0.234. The Morgan fingerprint density at radius 1 is 1.24 bits per heavy atom. The first-order valence-electron chi connectivity index (χ1n) is 5.97. The van der Waals surface area contributed by atoms with Gasteiger partial charge in [0.15, 0.2) is 0 Å². The minimum absolute atomic E-state index is 0.0129. The molecule has 0 fully saturated rings. The maximum absolute atomic E-state index is 10.2. The molecule has 0 aliphatic carbocycles. The molecule has 0 spiro atoms. The van der Waals surface area contributed by atoms with Gasteiger partial charge in [0.2, 0.25) is 0 Å². The SMILES string of the molecule is CCSCc1nc(C(C)(C)C)c(C(C)(C)O)s1. The zero-order valence-electron chi connectivity index (χ0n) is 11.6. The van der Waals surface area contributed by atoms with Gasteiger partial charge >= 0.3 is 0 Å². The molecule has 17 heavy (non-hydrogen) atoms. The highest BCUT2D eigenvalue weighted by atomic mass is 32.2. The Hall–Kier alpha value is -0.0600. The van der Waals surface area contributed by atoms with E-state index in [1.807, 2.05) is 25.6 Å². The lowest BCUT2D eigenvalue weighted by Crippen LogP contribution is -2.22. The van der Waals surface area contributed by atoms with Crippen molar-refractivity contribution in [1.82, 2.24) is 4.98 Å². The molecule has 1 rings (SSSR count). The van der Waals surface area contributed by atoms with Gasteiger partial charge in [-0.15, -0.1) is 11.3 Å². The van der Waals surface area contributed by atoms with Crippen molar-refractivity contribution < 1.29 is 5.11 Å². The van der Waals surface area contributed by atoms with Crippen LogP contribution in [0.15, 0.2) is 0 Å². The average Bonchev–Trinajstić information content (AvgIpc) is 2.57. The van der Waals surface area contributed by atoms with Crippen molar-refractivity contribution in [2.75, 3.05) is 5.75 Å². The van der Waals surface area contributed by atoms with E-state index in [1.165, 1.54) is 0 Å². The molecule has 0 aliphatic rings. The lowest BCUT2D eigenvalue weighted by molar-refractivity contribution is 0.0803. The Balaban J connectivity index is 3.13. The first kappa shape index (κ1) is 15.0. The van der Waals surface area contributed by atoms with Crippen LogP contribution in [-0.4, -0.2) is 15.8 Å². The Kier molecular flexibility index (Phi) is 4.67. The minimum atomic E-state index is -0.796. The summed E-state index contributed by atoms with van der Waals surface area (Å²) in [5.74, 6) is 2.04. The van der Waals surface area contributed by atoms with Gasteiger partial charge in [0.25, 0.3) is 0 Å². The molecule has 0 unspecified atom stereocenters. The second kappa shape index (κ2) is 5.29. The molecule has 0 saturated heterocycles. The minimum Gasteiger partial charge on any atom is -0.385 e. The highest BCUT2D eigenvalue weighted by Crippen LogP contribution is 2.37. The second-order valence-corrected chi connectivity index (χ2v) is 8.09. The maximum Gasteiger partial charge on any atom is 0.103 e. The molecule has 0 bridgehead atoms. The van der Waals surface area contributed by atoms with Gasteiger partial charge in [-0.05, 0) is 19.6 Å². The van der Waals surface area contributed by atoms with Crippen LogP contribution in [0.5, 0.6) is 0 Å². The summed E-state index contributed by atoms with van der Waals surface area (Å²) < 4.78 is 0. The third-order valence-corrected chi connectivity index (χ3v) is 4.80. The molecule has 98 valence electrons. The number of hydrogen-bond acceptors (Lipinski definition) is 4. The molecule has 2 nitrogen and oxygen atoms in total. The monoisotopic (exact) mass is 273 g/mol. The fourth-order valence-corrected chi connectivity index (χ4v) is 3.54. The Labute approximate surface area is 113 Å². The third-order valence-electron chi connectivity index (χ3n) is 2.37. The molecule has 1 N–H and O–H groups in total. The number of thiazole rings is 1. The fourth-order valence-electron chi connectivity index (χ4n) is 1.54. The van der Waals surface area contributed by atoms with Crippen LogP contribution in [0.2, 0.25) is 0 Å². The first-order valence-corrected chi connectivity index (χ1v) is 7.94. The van der Waals surface area contributed by atoms with E-state index in [1.54, 1.807) is 11.3 Å². The molecular weight excluding hydrogens is 250 g/mol. The molecule has 0 amide bonds. The molecule has 0 radical (unpaired) electrons. The highest BCUT2D eigenvalue weighted by molar-refractivity contribution is 7.98. The molecule has 0 saturated carbocycles. The van der Waals surface area contributed by atoms with Crippen molar-refractivity contribution in [1.29, 1.82) is 0 Å². The topological polar surface area (TPSA) is 33.1 Å². The number of aromatic nitrogens is 1. The van der Waals surface area contributed by atoms with Crippen LogP contribution in [0, 0.1) is 0 Å². The zero-order valence-corrected chi connectivity index (χ0v) is 13.3. The van der Waals surface area contributed by atoms with Gasteiger partial charge in [-0.2, -0.15) is 11.8 Å². The van der Waals surface area contributed by atoms with E-state index in [2.05, 4.69) is 27.7 Å². The fraction of sp³-hybridized carbons (Fsp3) is 0.769. The van der Waals surface area contributed by atoms with E-state index in [0.29, 0.717) is 0 Å². The summed E-state index contributed by atoms with van der Waals surface area (Å²) in [7, 11) is 0. The van der Waals surface area contributed by atoms with Crippen LogP contribution in [0.1, 0.15) is 57.1 Å². The Bertz CT molecular complexity index is 340. The van der Waals surface area contributed by atoms with Crippen molar-refractivity contribution in [2.45, 2.75) is 58.3 Å². The quantitative estimate of drug-likeness (QED) is 0.902. The molecule has 1 aromatic heterocycles. The normalized spacial score (nSPS) is 13.1. The smallest absolute Gasteiger partial charge is 0.103 e. The number of aliphatic hydroxyl groups is 1. The van der Waals surface area contributed by atoms with Gasteiger partial charge < -0.3 is 5.11 Å². The van der Waals surface area contributed by atoms with E-state index in [4.69, 9.17) is 4.98 Å². The predicted octanol–water partition coefficient (Wildman–Crippen LogP) is 3.92. The van der Waals surface area contributed by atoms with Crippen molar-refractivity contribution in [3.8, 4) is 0 Å². The number of hydrogen-bond donors (Lipinski definition) is 1. The predicted molar refractivity (Wildman–Crippen MR) is 77.9 cm³/mol.